The van der Waals surface area contributed by atoms with E-state index in [9.17, 15) is 17.2 Å². The Morgan fingerprint density at radius 3 is 2.45 bits per heavy atom. The lowest BCUT2D eigenvalue weighted by atomic mass is 10.3. The third-order valence-corrected chi connectivity index (χ3v) is 3.87. The molecule has 0 aliphatic carbocycles. The molecule has 0 aliphatic rings. The van der Waals surface area contributed by atoms with Gasteiger partial charge in [0.05, 0.1) is 17.4 Å². The van der Waals surface area contributed by atoms with Crippen molar-refractivity contribution in [3.8, 4) is 11.8 Å². The van der Waals surface area contributed by atoms with Gasteiger partial charge in [0.1, 0.15) is 12.4 Å². The average Bonchev–Trinajstić information content (AvgIpc) is 2.36. The van der Waals surface area contributed by atoms with E-state index in [0.717, 1.165) is 0 Å². The normalized spacial score (nSPS) is 12.9. The summed E-state index contributed by atoms with van der Waals surface area (Å²) in [4.78, 5) is -0.0216. The van der Waals surface area contributed by atoms with E-state index in [0.29, 0.717) is 0 Å². The zero-order valence-electron chi connectivity index (χ0n) is 10.7. The van der Waals surface area contributed by atoms with Crippen molar-refractivity contribution in [1.29, 1.82) is 5.26 Å². The Labute approximate surface area is 116 Å². The summed E-state index contributed by atoms with van der Waals surface area (Å²) < 4.78 is 54.8. The van der Waals surface area contributed by atoms with Crippen molar-refractivity contribution < 1.29 is 21.9 Å². The first-order valence-electron chi connectivity index (χ1n) is 5.75. The van der Waals surface area contributed by atoms with E-state index in [-0.39, 0.29) is 17.1 Å². The van der Waals surface area contributed by atoms with Gasteiger partial charge in [-0.25, -0.2) is 21.9 Å². The molecule has 0 heterocycles. The van der Waals surface area contributed by atoms with E-state index in [1.54, 1.807) is 6.92 Å². The fourth-order valence-electron chi connectivity index (χ4n) is 1.39. The van der Waals surface area contributed by atoms with Crippen LogP contribution in [0.2, 0.25) is 0 Å². The lowest BCUT2D eigenvalue weighted by Gasteiger charge is -2.11. The molecule has 5 nitrogen and oxygen atoms in total. The highest BCUT2D eigenvalue weighted by molar-refractivity contribution is 7.89. The summed E-state index contributed by atoms with van der Waals surface area (Å²) in [6.45, 7) is 0.824. The minimum absolute atomic E-state index is 0.0216. The number of halogens is 2. The number of nitrogens with zero attached hydrogens (tertiary/aromatic N) is 1. The van der Waals surface area contributed by atoms with Gasteiger partial charge >= 0.3 is 0 Å². The molecule has 0 bridgehead atoms. The summed E-state index contributed by atoms with van der Waals surface area (Å²) in [5, 5.41) is 8.48. The summed E-state index contributed by atoms with van der Waals surface area (Å²) in [6.07, 6.45) is -2.54. The third kappa shape index (κ3) is 5.11. The molecule has 1 rings (SSSR count). The molecule has 0 spiro atoms. The maximum Gasteiger partial charge on any atom is 0.272 e. The van der Waals surface area contributed by atoms with Crippen LogP contribution in [0, 0.1) is 11.3 Å². The molecule has 0 aliphatic heterocycles. The fourth-order valence-corrected chi connectivity index (χ4v) is 2.63. The number of nitrogens with one attached hydrogen (secondary N) is 1. The summed E-state index contributed by atoms with van der Waals surface area (Å²) in [5.41, 5.74) is 0. The first-order valence-corrected chi connectivity index (χ1v) is 7.24. The molecule has 1 aromatic rings. The van der Waals surface area contributed by atoms with E-state index in [1.165, 1.54) is 24.3 Å². The predicted octanol–water partition coefficient (Wildman–Crippen LogP) is 1.91. The number of ether oxygens (including phenoxy) is 1. The van der Waals surface area contributed by atoms with Gasteiger partial charge in [-0.2, -0.15) is 5.26 Å². The van der Waals surface area contributed by atoms with Crippen LogP contribution < -0.4 is 9.46 Å². The van der Waals surface area contributed by atoms with Crippen LogP contribution in [0.3, 0.4) is 0 Å². The summed E-state index contributed by atoms with van der Waals surface area (Å²) in [5.74, 6) is 0.161. The highest BCUT2D eigenvalue weighted by Crippen LogP contribution is 2.17. The lowest BCUT2D eigenvalue weighted by molar-refractivity contribution is 0.0819. The summed E-state index contributed by atoms with van der Waals surface area (Å²) in [7, 11) is -3.73. The monoisotopic (exact) mass is 304 g/mol. The van der Waals surface area contributed by atoms with E-state index >= 15 is 0 Å². The van der Waals surface area contributed by atoms with Crippen LogP contribution >= 0.6 is 0 Å². The fraction of sp³-hybridized carbons (Fsp3) is 0.417. The number of nitriles is 1. The maximum absolute atomic E-state index is 11.9. The molecule has 1 aromatic carbocycles. The van der Waals surface area contributed by atoms with E-state index < -0.39 is 29.1 Å². The quantitative estimate of drug-likeness (QED) is 0.834. The van der Waals surface area contributed by atoms with Crippen molar-refractivity contribution >= 4 is 10.0 Å². The smallest absolute Gasteiger partial charge is 0.272 e. The summed E-state index contributed by atoms with van der Waals surface area (Å²) in [6, 6.07) is 6.45. The molecule has 8 heteroatoms. The molecule has 0 fully saturated rings. The van der Waals surface area contributed by atoms with Gasteiger partial charge in [-0.05, 0) is 31.2 Å². The van der Waals surface area contributed by atoms with Crippen LogP contribution in [0.15, 0.2) is 29.2 Å². The molecule has 0 saturated heterocycles. The Morgan fingerprint density at radius 1 is 1.35 bits per heavy atom. The van der Waals surface area contributed by atoms with Crippen LogP contribution in [-0.2, 0) is 10.0 Å². The standard InChI is InChI=1S/C12H14F2N2O3S/c1-9(6-7-15)16-20(17,18)11-4-2-10(3-5-11)19-8-12(13)14/h2-5,9,12,16H,6,8H2,1H3/t9-/m1/s1. The highest BCUT2D eigenvalue weighted by Gasteiger charge is 2.17. The van der Waals surface area contributed by atoms with Crippen LogP contribution in [0.1, 0.15) is 13.3 Å². The van der Waals surface area contributed by atoms with Gasteiger partial charge < -0.3 is 4.74 Å². The Morgan fingerprint density at radius 2 is 1.95 bits per heavy atom. The Bertz CT molecular complexity index is 567. The molecule has 0 unspecified atom stereocenters. The second kappa shape index (κ2) is 7.17. The number of hydrogen-bond acceptors (Lipinski definition) is 4. The van der Waals surface area contributed by atoms with Crippen LogP contribution in [-0.4, -0.2) is 27.5 Å². The van der Waals surface area contributed by atoms with Crippen molar-refractivity contribution in [2.45, 2.75) is 30.7 Å². The van der Waals surface area contributed by atoms with Crippen molar-refractivity contribution in [3.63, 3.8) is 0 Å². The molecular formula is C12H14F2N2O3S. The van der Waals surface area contributed by atoms with Gasteiger partial charge in [-0.3, -0.25) is 0 Å². The van der Waals surface area contributed by atoms with Crippen molar-refractivity contribution in [1.82, 2.24) is 4.72 Å². The van der Waals surface area contributed by atoms with Gasteiger partial charge in [-0.15, -0.1) is 0 Å². The number of hydrogen-bond donors (Lipinski definition) is 1. The zero-order chi connectivity index (χ0) is 15.2. The molecule has 110 valence electrons. The molecule has 0 radical (unpaired) electrons. The lowest BCUT2D eigenvalue weighted by Crippen LogP contribution is -2.32. The minimum Gasteiger partial charge on any atom is -0.488 e. The molecule has 0 amide bonds. The molecule has 0 aromatic heterocycles. The van der Waals surface area contributed by atoms with Gasteiger partial charge in [-0.1, -0.05) is 0 Å². The second-order valence-corrected chi connectivity index (χ2v) is 5.77. The molecule has 20 heavy (non-hydrogen) atoms. The first-order chi connectivity index (χ1) is 9.35. The third-order valence-electron chi connectivity index (χ3n) is 2.26. The summed E-state index contributed by atoms with van der Waals surface area (Å²) >= 11 is 0. The van der Waals surface area contributed by atoms with Crippen molar-refractivity contribution in [2.75, 3.05) is 6.61 Å². The van der Waals surface area contributed by atoms with E-state index in [4.69, 9.17) is 10.00 Å². The number of rotatable bonds is 7. The Hall–Kier alpha value is -1.72. The van der Waals surface area contributed by atoms with Gasteiger partial charge in [0.2, 0.25) is 10.0 Å². The zero-order valence-corrected chi connectivity index (χ0v) is 11.5. The van der Waals surface area contributed by atoms with Crippen molar-refractivity contribution in [3.05, 3.63) is 24.3 Å². The number of alkyl halides is 2. The van der Waals surface area contributed by atoms with E-state index in [1.807, 2.05) is 6.07 Å². The Balaban J connectivity index is 2.74. The SMILES string of the molecule is C[C@H](CC#N)NS(=O)(=O)c1ccc(OCC(F)F)cc1. The van der Waals surface area contributed by atoms with Gasteiger partial charge in [0, 0.05) is 6.04 Å². The average molecular weight is 304 g/mol. The molecule has 1 atom stereocenters. The largest absolute Gasteiger partial charge is 0.488 e. The highest BCUT2D eigenvalue weighted by atomic mass is 32.2. The van der Waals surface area contributed by atoms with Crippen molar-refractivity contribution in [2.24, 2.45) is 0 Å². The molecular weight excluding hydrogens is 290 g/mol. The number of benzene rings is 1. The molecule has 1 N–H and O–H groups in total. The van der Waals surface area contributed by atoms with Crippen LogP contribution in [0.5, 0.6) is 5.75 Å². The maximum atomic E-state index is 11.9. The van der Waals surface area contributed by atoms with Crippen LogP contribution in [0.25, 0.3) is 0 Å². The van der Waals surface area contributed by atoms with Gasteiger partial charge in [0.15, 0.2) is 0 Å². The number of sulfonamides is 1. The predicted molar refractivity (Wildman–Crippen MR) is 68.0 cm³/mol. The second-order valence-electron chi connectivity index (χ2n) is 4.06. The first kappa shape index (κ1) is 16.3. The van der Waals surface area contributed by atoms with Crippen LogP contribution in [0.4, 0.5) is 8.78 Å². The Kier molecular flexibility index (Phi) is 5.85. The minimum atomic E-state index is -3.73. The van der Waals surface area contributed by atoms with E-state index in [2.05, 4.69) is 4.72 Å². The topological polar surface area (TPSA) is 79.2 Å². The van der Waals surface area contributed by atoms with Gasteiger partial charge in [0.25, 0.3) is 6.43 Å². The molecule has 0 saturated carbocycles.